The summed E-state index contributed by atoms with van der Waals surface area (Å²) in [5.74, 6) is -0.278. The topological polar surface area (TPSA) is 26.7 Å². The Kier molecular flexibility index (Phi) is 4.57. The van der Waals surface area contributed by atoms with Gasteiger partial charge >= 0.3 is 0 Å². The summed E-state index contributed by atoms with van der Waals surface area (Å²) in [6, 6.07) is 7.72. The number of halogens is 1. The number of rotatable bonds is 4. The van der Waals surface area contributed by atoms with E-state index < -0.39 is 6.10 Å². The van der Waals surface area contributed by atoms with Crippen LogP contribution in [0, 0.1) is 5.82 Å². The summed E-state index contributed by atoms with van der Waals surface area (Å²) >= 11 is 0. The van der Waals surface area contributed by atoms with Crippen LogP contribution in [0.5, 0.6) is 0 Å². The maximum atomic E-state index is 13.2. The van der Waals surface area contributed by atoms with Crippen LogP contribution < -0.4 is 0 Å². The van der Waals surface area contributed by atoms with Crippen molar-refractivity contribution >= 4 is 0 Å². The Morgan fingerprint density at radius 1 is 1.29 bits per heavy atom. The largest absolute Gasteiger partial charge is 0.388 e. The molecule has 0 aliphatic carbocycles. The first-order chi connectivity index (χ1) is 10.1. The highest BCUT2D eigenvalue weighted by Crippen LogP contribution is 2.29. The van der Waals surface area contributed by atoms with Crippen molar-refractivity contribution in [2.24, 2.45) is 0 Å². The quantitative estimate of drug-likeness (QED) is 0.923. The first-order valence-electron chi connectivity index (χ1n) is 8.01. The summed E-state index contributed by atoms with van der Waals surface area (Å²) in [6.07, 6.45) is 3.96. The molecule has 0 amide bonds. The normalized spacial score (nSPS) is 28.5. The summed E-state index contributed by atoms with van der Waals surface area (Å²) in [6.45, 7) is 3.10. The van der Waals surface area contributed by atoms with E-state index in [0.29, 0.717) is 18.0 Å². The standard InChI is InChI=1S/C17H25FN2O/c1-19-15-5-6-16(19)12-20(9-7-15)10-8-17(21)13-3-2-4-14(18)11-13/h2-4,11,15-17,21H,5-10,12H2,1H3. The first-order valence-corrected chi connectivity index (χ1v) is 8.01. The zero-order chi connectivity index (χ0) is 14.8. The highest BCUT2D eigenvalue weighted by Gasteiger charge is 2.34. The monoisotopic (exact) mass is 292 g/mol. The van der Waals surface area contributed by atoms with Crippen LogP contribution in [0.1, 0.15) is 37.4 Å². The molecule has 0 radical (unpaired) electrons. The number of aliphatic hydroxyl groups excluding tert-OH is 1. The zero-order valence-corrected chi connectivity index (χ0v) is 12.7. The molecule has 2 heterocycles. The molecule has 2 aliphatic heterocycles. The van der Waals surface area contributed by atoms with Crippen LogP contribution >= 0.6 is 0 Å². The molecule has 1 aromatic rings. The van der Waals surface area contributed by atoms with Gasteiger partial charge in [-0.2, -0.15) is 0 Å². The van der Waals surface area contributed by atoms with Crippen molar-refractivity contribution in [3.05, 3.63) is 35.6 Å². The van der Waals surface area contributed by atoms with Gasteiger partial charge in [-0.25, -0.2) is 4.39 Å². The van der Waals surface area contributed by atoms with Crippen molar-refractivity contribution in [2.45, 2.75) is 43.9 Å². The second-order valence-electron chi connectivity index (χ2n) is 6.50. The second kappa shape index (κ2) is 6.42. The first kappa shape index (κ1) is 14.9. The Morgan fingerprint density at radius 3 is 2.90 bits per heavy atom. The van der Waals surface area contributed by atoms with Crippen molar-refractivity contribution in [3.8, 4) is 0 Å². The molecule has 0 saturated carbocycles. The van der Waals surface area contributed by atoms with Gasteiger partial charge in [-0.05, 0) is 57.0 Å². The Hall–Kier alpha value is -0.970. The van der Waals surface area contributed by atoms with Crippen LogP contribution in [0.15, 0.2) is 24.3 Å². The fraction of sp³-hybridized carbons (Fsp3) is 0.647. The van der Waals surface area contributed by atoms with Gasteiger partial charge in [0, 0.05) is 25.2 Å². The third-order valence-corrected chi connectivity index (χ3v) is 5.18. The van der Waals surface area contributed by atoms with Crippen molar-refractivity contribution in [1.29, 1.82) is 0 Å². The van der Waals surface area contributed by atoms with E-state index in [1.54, 1.807) is 12.1 Å². The SMILES string of the molecule is CN1C2CCC1CN(CCC(O)c1cccc(F)c1)CC2. The van der Waals surface area contributed by atoms with Crippen LogP contribution in [0.25, 0.3) is 0 Å². The molecule has 0 spiro atoms. The Balaban J connectivity index is 1.53. The predicted octanol–water partition coefficient (Wildman–Crippen LogP) is 2.42. The number of fused-ring (bicyclic) bond motifs is 2. The minimum Gasteiger partial charge on any atom is -0.388 e. The van der Waals surface area contributed by atoms with E-state index in [9.17, 15) is 9.50 Å². The third-order valence-electron chi connectivity index (χ3n) is 5.18. The maximum absolute atomic E-state index is 13.2. The van der Waals surface area contributed by atoms with E-state index in [2.05, 4.69) is 16.8 Å². The van der Waals surface area contributed by atoms with Gasteiger partial charge in [-0.3, -0.25) is 4.90 Å². The van der Waals surface area contributed by atoms with Crippen molar-refractivity contribution in [3.63, 3.8) is 0 Å². The molecule has 1 aromatic carbocycles. The van der Waals surface area contributed by atoms with Gasteiger partial charge < -0.3 is 10.0 Å². The zero-order valence-electron chi connectivity index (χ0n) is 12.7. The smallest absolute Gasteiger partial charge is 0.123 e. The van der Waals surface area contributed by atoms with Crippen LogP contribution in [0.4, 0.5) is 4.39 Å². The van der Waals surface area contributed by atoms with E-state index in [4.69, 9.17) is 0 Å². The van der Waals surface area contributed by atoms with E-state index in [1.165, 1.54) is 31.4 Å². The minimum atomic E-state index is -0.570. The molecule has 3 nitrogen and oxygen atoms in total. The summed E-state index contributed by atoms with van der Waals surface area (Å²) in [4.78, 5) is 4.99. The van der Waals surface area contributed by atoms with Crippen molar-refractivity contribution in [2.75, 3.05) is 26.7 Å². The lowest BCUT2D eigenvalue weighted by molar-refractivity contribution is 0.137. The summed E-state index contributed by atoms with van der Waals surface area (Å²) < 4.78 is 13.2. The number of nitrogens with zero attached hydrogens (tertiary/aromatic N) is 2. The number of benzene rings is 1. The van der Waals surface area contributed by atoms with Crippen molar-refractivity contribution < 1.29 is 9.50 Å². The van der Waals surface area contributed by atoms with E-state index in [0.717, 1.165) is 25.7 Å². The third kappa shape index (κ3) is 3.44. The van der Waals surface area contributed by atoms with Crippen LogP contribution in [-0.4, -0.2) is 53.7 Å². The number of aliphatic hydroxyl groups is 1. The molecule has 116 valence electrons. The summed E-state index contributed by atoms with van der Waals surface area (Å²) in [5.41, 5.74) is 0.684. The fourth-order valence-electron chi connectivity index (χ4n) is 3.77. The molecule has 3 rings (SSSR count). The lowest BCUT2D eigenvalue weighted by Gasteiger charge is -2.26. The Bertz CT molecular complexity index is 482. The van der Waals surface area contributed by atoms with Gasteiger partial charge in [0.05, 0.1) is 6.10 Å². The van der Waals surface area contributed by atoms with Crippen LogP contribution in [-0.2, 0) is 0 Å². The molecule has 4 heteroatoms. The van der Waals surface area contributed by atoms with Gasteiger partial charge in [-0.15, -0.1) is 0 Å². The predicted molar refractivity (Wildman–Crippen MR) is 81.6 cm³/mol. The summed E-state index contributed by atoms with van der Waals surface area (Å²) in [7, 11) is 2.24. The fourth-order valence-corrected chi connectivity index (χ4v) is 3.77. The molecule has 2 aliphatic rings. The molecule has 0 aromatic heterocycles. The lowest BCUT2D eigenvalue weighted by atomic mass is 10.0. The van der Waals surface area contributed by atoms with Crippen LogP contribution in [0.2, 0.25) is 0 Å². The Labute approximate surface area is 126 Å². The van der Waals surface area contributed by atoms with Gasteiger partial charge in [0.2, 0.25) is 0 Å². The van der Waals surface area contributed by atoms with Gasteiger partial charge in [-0.1, -0.05) is 12.1 Å². The molecular weight excluding hydrogens is 267 g/mol. The number of hydrogen-bond donors (Lipinski definition) is 1. The number of likely N-dealkylation sites (tertiary alicyclic amines) is 1. The number of likely N-dealkylation sites (N-methyl/N-ethyl adjacent to an activating group) is 1. The summed E-state index contributed by atoms with van der Waals surface area (Å²) in [5, 5.41) is 10.2. The van der Waals surface area contributed by atoms with Gasteiger partial charge in [0.1, 0.15) is 5.82 Å². The average molecular weight is 292 g/mol. The van der Waals surface area contributed by atoms with E-state index in [-0.39, 0.29) is 5.82 Å². The second-order valence-corrected chi connectivity index (χ2v) is 6.50. The minimum absolute atomic E-state index is 0.278. The molecule has 3 atom stereocenters. The molecule has 1 N–H and O–H groups in total. The highest BCUT2D eigenvalue weighted by molar-refractivity contribution is 5.18. The van der Waals surface area contributed by atoms with E-state index >= 15 is 0 Å². The molecule has 2 saturated heterocycles. The molecular formula is C17H25FN2O. The van der Waals surface area contributed by atoms with Gasteiger partial charge in [0.25, 0.3) is 0 Å². The molecule has 2 bridgehead atoms. The van der Waals surface area contributed by atoms with Crippen molar-refractivity contribution in [1.82, 2.24) is 9.80 Å². The maximum Gasteiger partial charge on any atom is 0.123 e. The average Bonchev–Trinajstić information content (AvgIpc) is 2.71. The van der Waals surface area contributed by atoms with Crippen LogP contribution in [0.3, 0.4) is 0 Å². The molecule has 3 unspecified atom stereocenters. The Morgan fingerprint density at radius 2 is 2.10 bits per heavy atom. The molecule has 21 heavy (non-hydrogen) atoms. The molecule has 2 fully saturated rings. The van der Waals surface area contributed by atoms with E-state index in [1.807, 2.05) is 0 Å². The lowest BCUT2D eigenvalue weighted by Crippen LogP contribution is -2.37. The number of hydrogen-bond acceptors (Lipinski definition) is 3. The highest BCUT2D eigenvalue weighted by atomic mass is 19.1. The van der Waals surface area contributed by atoms with Gasteiger partial charge in [0.15, 0.2) is 0 Å².